The van der Waals surface area contributed by atoms with E-state index in [0.717, 1.165) is 16.8 Å². The van der Waals surface area contributed by atoms with Crippen LogP contribution >= 0.6 is 0 Å². The second-order valence-electron chi connectivity index (χ2n) is 5.08. The summed E-state index contributed by atoms with van der Waals surface area (Å²) in [7, 11) is 0. The molecule has 0 aliphatic rings. The fourth-order valence-electron chi connectivity index (χ4n) is 2.22. The summed E-state index contributed by atoms with van der Waals surface area (Å²) in [4.78, 5) is 2.93. The summed E-state index contributed by atoms with van der Waals surface area (Å²) in [5.41, 5.74) is 12.4. The summed E-state index contributed by atoms with van der Waals surface area (Å²) in [6.07, 6.45) is 0. The van der Waals surface area contributed by atoms with E-state index in [9.17, 15) is 0 Å². The molecule has 0 bridgehead atoms. The van der Waals surface area contributed by atoms with Gasteiger partial charge in [0.2, 0.25) is 0 Å². The van der Waals surface area contributed by atoms with Crippen LogP contribution in [0.2, 0.25) is 0 Å². The van der Waals surface area contributed by atoms with Crippen molar-refractivity contribution in [2.45, 2.75) is 6.92 Å². The Hall–Kier alpha value is -3.47. The molecule has 0 saturated carbocycles. The van der Waals surface area contributed by atoms with E-state index in [1.807, 2.05) is 72.8 Å². The van der Waals surface area contributed by atoms with E-state index < -0.39 is 0 Å². The highest BCUT2D eigenvalue weighted by Crippen LogP contribution is 2.39. The second-order valence-corrected chi connectivity index (χ2v) is 5.08. The highest BCUT2D eigenvalue weighted by Gasteiger charge is 2.08. The molecular formula is C20H19N5O. The molecule has 3 aromatic rings. The average Bonchev–Trinajstić information content (AvgIpc) is 2.69. The molecule has 0 amide bonds. The number of benzene rings is 3. The van der Waals surface area contributed by atoms with Crippen LogP contribution in [0.15, 0.2) is 94.2 Å². The summed E-state index contributed by atoms with van der Waals surface area (Å²) in [5.74, 6) is 0. The SMILES string of the molecule is CCO.[N-]=[N+]=Nc1c(N=Nc2ccccc2)cccc1-c1ccccc1. The lowest BCUT2D eigenvalue weighted by atomic mass is 10.0. The first-order valence-corrected chi connectivity index (χ1v) is 8.11. The molecule has 0 aliphatic carbocycles. The largest absolute Gasteiger partial charge is 0.397 e. The normalized spacial score (nSPS) is 9.92. The van der Waals surface area contributed by atoms with Gasteiger partial charge in [-0.1, -0.05) is 65.8 Å². The van der Waals surface area contributed by atoms with Crippen LogP contribution < -0.4 is 0 Å². The van der Waals surface area contributed by atoms with E-state index in [0.29, 0.717) is 11.4 Å². The molecule has 0 saturated heterocycles. The summed E-state index contributed by atoms with van der Waals surface area (Å²) in [5, 5.41) is 19.8. The third-order valence-corrected chi connectivity index (χ3v) is 3.27. The standard InChI is InChI=1S/C18H13N5.C2H6O/c19-23-22-18-16(14-8-3-1-4-9-14)12-7-13-17(18)21-20-15-10-5-2-6-11-15;1-2-3/h1-13H;3H,2H2,1H3. The molecule has 0 fully saturated rings. The fourth-order valence-corrected chi connectivity index (χ4v) is 2.22. The number of nitrogens with zero attached hydrogens (tertiary/aromatic N) is 5. The maximum Gasteiger partial charge on any atom is 0.0958 e. The minimum Gasteiger partial charge on any atom is -0.397 e. The van der Waals surface area contributed by atoms with Crippen LogP contribution in [0.1, 0.15) is 6.92 Å². The van der Waals surface area contributed by atoms with E-state index in [2.05, 4.69) is 20.3 Å². The van der Waals surface area contributed by atoms with E-state index in [-0.39, 0.29) is 6.61 Å². The lowest BCUT2D eigenvalue weighted by Gasteiger charge is -2.07. The molecule has 0 radical (unpaired) electrons. The molecule has 0 heterocycles. The van der Waals surface area contributed by atoms with Gasteiger partial charge in [0.15, 0.2) is 0 Å². The van der Waals surface area contributed by atoms with Crippen LogP contribution in [0.3, 0.4) is 0 Å². The Morgan fingerprint density at radius 1 is 0.846 bits per heavy atom. The van der Waals surface area contributed by atoms with Crippen molar-refractivity contribution in [3.05, 3.63) is 89.3 Å². The van der Waals surface area contributed by atoms with Crippen LogP contribution in [-0.4, -0.2) is 11.7 Å². The Labute approximate surface area is 152 Å². The van der Waals surface area contributed by atoms with Gasteiger partial charge in [-0.3, -0.25) is 0 Å². The summed E-state index contributed by atoms with van der Waals surface area (Å²) in [6.45, 7) is 1.93. The Balaban J connectivity index is 0.000000758. The number of rotatable bonds is 4. The van der Waals surface area contributed by atoms with E-state index >= 15 is 0 Å². The van der Waals surface area contributed by atoms with Gasteiger partial charge in [0.25, 0.3) is 0 Å². The first-order chi connectivity index (χ1) is 12.8. The van der Waals surface area contributed by atoms with Gasteiger partial charge in [-0.15, -0.1) is 0 Å². The Morgan fingerprint density at radius 2 is 1.46 bits per heavy atom. The molecule has 1 N–H and O–H groups in total. The molecule has 6 heteroatoms. The van der Waals surface area contributed by atoms with Crippen molar-refractivity contribution in [3.8, 4) is 11.1 Å². The summed E-state index contributed by atoms with van der Waals surface area (Å²) < 4.78 is 0. The first kappa shape index (κ1) is 18.9. The summed E-state index contributed by atoms with van der Waals surface area (Å²) >= 11 is 0. The van der Waals surface area contributed by atoms with Gasteiger partial charge in [0.05, 0.1) is 17.1 Å². The van der Waals surface area contributed by atoms with Crippen molar-refractivity contribution in [2.75, 3.05) is 6.61 Å². The van der Waals surface area contributed by atoms with Gasteiger partial charge in [0, 0.05) is 11.5 Å². The third-order valence-electron chi connectivity index (χ3n) is 3.27. The highest BCUT2D eigenvalue weighted by molar-refractivity contribution is 5.83. The topological polar surface area (TPSA) is 93.7 Å². The van der Waals surface area contributed by atoms with Crippen LogP contribution in [0.4, 0.5) is 17.1 Å². The maximum absolute atomic E-state index is 8.89. The molecule has 0 aromatic heterocycles. The van der Waals surface area contributed by atoms with Crippen molar-refractivity contribution in [2.24, 2.45) is 15.3 Å². The maximum atomic E-state index is 8.89. The van der Waals surface area contributed by atoms with E-state index in [1.54, 1.807) is 13.0 Å². The van der Waals surface area contributed by atoms with Gasteiger partial charge < -0.3 is 5.11 Å². The molecular weight excluding hydrogens is 326 g/mol. The predicted molar refractivity (Wildman–Crippen MR) is 104 cm³/mol. The Kier molecular flexibility index (Phi) is 7.55. The number of aliphatic hydroxyl groups is 1. The minimum atomic E-state index is 0.250. The van der Waals surface area contributed by atoms with Crippen molar-refractivity contribution in [1.82, 2.24) is 0 Å². The van der Waals surface area contributed by atoms with Crippen LogP contribution in [0.25, 0.3) is 21.6 Å². The highest BCUT2D eigenvalue weighted by atomic mass is 16.2. The van der Waals surface area contributed by atoms with Gasteiger partial charge in [-0.2, -0.15) is 10.2 Å². The zero-order chi connectivity index (χ0) is 18.6. The van der Waals surface area contributed by atoms with E-state index in [4.69, 9.17) is 10.6 Å². The number of azide groups is 1. The minimum absolute atomic E-state index is 0.250. The predicted octanol–water partition coefficient (Wildman–Crippen LogP) is 6.71. The quantitative estimate of drug-likeness (QED) is 0.317. The Morgan fingerprint density at radius 3 is 2.08 bits per heavy atom. The lowest BCUT2D eigenvalue weighted by Crippen LogP contribution is -1.78. The average molecular weight is 345 g/mol. The fraction of sp³-hybridized carbons (Fsp3) is 0.100. The molecule has 0 unspecified atom stereocenters. The van der Waals surface area contributed by atoms with Gasteiger partial charge >= 0.3 is 0 Å². The van der Waals surface area contributed by atoms with Gasteiger partial charge in [0.1, 0.15) is 0 Å². The zero-order valence-corrected chi connectivity index (χ0v) is 14.4. The molecule has 130 valence electrons. The van der Waals surface area contributed by atoms with Crippen LogP contribution in [0.5, 0.6) is 0 Å². The van der Waals surface area contributed by atoms with Crippen molar-refractivity contribution < 1.29 is 5.11 Å². The van der Waals surface area contributed by atoms with Crippen molar-refractivity contribution in [3.63, 3.8) is 0 Å². The van der Waals surface area contributed by atoms with Crippen LogP contribution in [0, 0.1) is 0 Å². The third kappa shape index (κ3) is 5.27. The number of hydrogen-bond donors (Lipinski definition) is 1. The summed E-state index contributed by atoms with van der Waals surface area (Å²) in [6, 6.07) is 24.7. The molecule has 3 rings (SSSR count). The number of aliphatic hydroxyl groups excluding tert-OH is 1. The molecule has 6 nitrogen and oxygen atoms in total. The van der Waals surface area contributed by atoms with Crippen molar-refractivity contribution in [1.29, 1.82) is 0 Å². The number of hydrogen-bond acceptors (Lipinski definition) is 4. The van der Waals surface area contributed by atoms with Gasteiger partial charge in [-0.25, -0.2) is 0 Å². The van der Waals surface area contributed by atoms with Crippen LogP contribution in [-0.2, 0) is 0 Å². The number of azo groups is 1. The zero-order valence-electron chi connectivity index (χ0n) is 14.4. The molecule has 0 atom stereocenters. The lowest BCUT2D eigenvalue weighted by molar-refractivity contribution is 0.318. The second kappa shape index (κ2) is 10.4. The molecule has 26 heavy (non-hydrogen) atoms. The van der Waals surface area contributed by atoms with E-state index in [1.165, 1.54) is 0 Å². The molecule has 0 aliphatic heterocycles. The van der Waals surface area contributed by atoms with Gasteiger partial charge in [-0.05, 0) is 41.8 Å². The Bertz CT molecular complexity index is 889. The monoisotopic (exact) mass is 345 g/mol. The molecule has 3 aromatic carbocycles. The van der Waals surface area contributed by atoms with Crippen molar-refractivity contribution >= 4 is 17.1 Å². The first-order valence-electron chi connectivity index (χ1n) is 8.11. The molecule has 0 spiro atoms. The smallest absolute Gasteiger partial charge is 0.0958 e.